The van der Waals surface area contributed by atoms with E-state index in [4.69, 9.17) is 0 Å². The van der Waals surface area contributed by atoms with Gasteiger partial charge >= 0.3 is 0 Å². The van der Waals surface area contributed by atoms with Gasteiger partial charge in [0.1, 0.15) is 18.5 Å². The molecule has 0 heterocycles. The van der Waals surface area contributed by atoms with Gasteiger partial charge in [-0.3, -0.25) is 0 Å². The molecule has 0 aromatic carbocycles. The van der Waals surface area contributed by atoms with E-state index in [9.17, 15) is 4.39 Å². The van der Waals surface area contributed by atoms with Crippen molar-refractivity contribution in [3.8, 4) is 0 Å². The summed E-state index contributed by atoms with van der Waals surface area (Å²) >= 11 is 0. The molecule has 0 aromatic heterocycles. The first-order valence-corrected chi connectivity index (χ1v) is 14.9. The summed E-state index contributed by atoms with van der Waals surface area (Å²) in [6.45, 7) is 4.31. The molecule has 0 nitrogen and oxygen atoms in total. The molecule has 4 aliphatic rings. The number of rotatable bonds is 7. The topological polar surface area (TPSA) is 0 Å². The van der Waals surface area contributed by atoms with E-state index in [1.807, 2.05) is 0 Å². The van der Waals surface area contributed by atoms with Crippen LogP contribution in [0.1, 0.15) is 123 Å². The van der Waals surface area contributed by atoms with Crippen molar-refractivity contribution in [2.75, 3.05) is 0 Å². The molecule has 4 saturated carbocycles. The van der Waals surface area contributed by atoms with E-state index in [0.29, 0.717) is 23.7 Å². The van der Waals surface area contributed by atoms with Gasteiger partial charge in [-0.05, 0) is 112 Å². The Labute approximate surface area is 202 Å². The zero-order chi connectivity index (χ0) is 23.4. The molecule has 192 valence electrons. The Hall–Kier alpha value is -0.210. The summed E-state index contributed by atoms with van der Waals surface area (Å²) in [5, 5.41) is 0. The highest BCUT2D eigenvalue weighted by molar-refractivity contribution is 4.93. The Balaban J connectivity index is 1.16. The molecular weight excluding hydrogens is 417 g/mol. The summed E-state index contributed by atoms with van der Waals surface area (Å²) in [4.78, 5) is 0. The number of hydrogen-bond donors (Lipinski definition) is 0. The first-order chi connectivity index (χ1) is 16.0. The quantitative estimate of drug-likeness (QED) is 0.349. The average Bonchev–Trinajstić information content (AvgIpc) is 2.83. The smallest absolute Gasteiger partial charge is 0.134 e. The third-order valence-electron chi connectivity index (χ3n) is 10.9. The maximum Gasteiger partial charge on any atom is 0.134 e. The van der Waals surface area contributed by atoms with Gasteiger partial charge in [0, 0.05) is 0 Å². The van der Waals surface area contributed by atoms with Gasteiger partial charge in [-0.15, -0.1) is 0 Å². The van der Waals surface area contributed by atoms with E-state index in [1.165, 1.54) is 57.8 Å². The minimum atomic E-state index is -1.24. The first kappa shape index (κ1) is 25.9. The summed E-state index contributed by atoms with van der Waals surface area (Å²) in [5.74, 6) is 3.40. The van der Waals surface area contributed by atoms with Gasteiger partial charge in [0.05, 0.1) is 0 Å². The van der Waals surface area contributed by atoms with Crippen LogP contribution >= 0.6 is 0 Å². The lowest BCUT2D eigenvalue weighted by molar-refractivity contribution is -0.0163. The van der Waals surface area contributed by atoms with Crippen LogP contribution in [0.4, 0.5) is 13.2 Å². The van der Waals surface area contributed by atoms with Gasteiger partial charge in [-0.2, -0.15) is 0 Å². The maximum atomic E-state index is 15.2. The molecule has 4 aliphatic carbocycles. The van der Waals surface area contributed by atoms with Crippen molar-refractivity contribution in [2.45, 2.75) is 142 Å². The van der Waals surface area contributed by atoms with Crippen LogP contribution in [-0.2, 0) is 0 Å². The van der Waals surface area contributed by atoms with E-state index >= 15 is 8.78 Å². The Bertz CT molecular complexity index is 563. The zero-order valence-electron chi connectivity index (χ0n) is 21.5. The number of halogens is 3. The van der Waals surface area contributed by atoms with Crippen molar-refractivity contribution in [1.29, 1.82) is 0 Å². The van der Waals surface area contributed by atoms with Crippen LogP contribution in [0.15, 0.2) is 0 Å². The van der Waals surface area contributed by atoms with E-state index in [0.717, 1.165) is 57.3 Å². The van der Waals surface area contributed by atoms with Crippen LogP contribution in [0.3, 0.4) is 0 Å². The molecule has 4 fully saturated rings. The fourth-order valence-corrected chi connectivity index (χ4v) is 8.46. The van der Waals surface area contributed by atoms with Crippen molar-refractivity contribution in [1.82, 2.24) is 0 Å². The zero-order valence-corrected chi connectivity index (χ0v) is 21.5. The Morgan fingerprint density at radius 3 is 1.82 bits per heavy atom. The highest BCUT2D eigenvalue weighted by atomic mass is 19.2. The molecule has 6 unspecified atom stereocenters. The van der Waals surface area contributed by atoms with Crippen molar-refractivity contribution in [2.24, 2.45) is 47.3 Å². The van der Waals surface area contributed by atoms with Gasteiger partial charge in [0.2, 0.25) is 0 Å². The molecule has 33 heavy (non-hydrogen) atoms. The highest BCUT2D eigenvalue weighted by Gasteiger charge is 2.44. The lowest BCUT2D eigenvalue weighted by Crippen LogP contribution is -2.42. The molecule has 0 saturated heterocycles. The SMILES string of the molecule is CCCC1CCC(C2CCC(CCC3CCC(C4CCC(C)C(F)C4)CC3)[C@H](F)C2F)CC1. The maximum absolute atomic E-state index is 15.2. The molecule has 0 aliphatic heterocycles. The van der Waals surface area contributed by atoms with Gasteiger partial charge in [0.25, 0.3) is 0 Å². The minimum Gasteiger partial charge on any atom is -0.247 e. The van der Waals surface area contributed by atoms with E-state index in [-0.39, 0.29) is 17.8 Å². The molecule has 0 bridgehead atoms. The minimum absolute atomic E-state index is 0.0215. The summed E-state index contributed by atoms with van der Waals surface area (Å²) in [6, 6.07) is 0. The lowest BCUT2D eigenvalue weighted by Gasteiger charge is -2.42. The summed E-state index contributed by atoms with van der Waals surface area (Å²) in [5.41, 5.74) is 0. The van der Waals surface area contributed by atoms with Crippen molar-refractivity contribution < 1.29 is 13.2 Å². The first-order valence-electron chi connectivity index (χ1n) is 14.9. The molecule has 0 radical (unpaired) electrons. The molecule has 0 aromatic rings. The van der Waals surface area contributed by atoms with Crippen molar-refractivity contribution in [3.63, 3.8) is 0 Å². The number of hydrogen-bond acceptors (Lipinski definition) is 0. The fourth-order valence-electron chi connectivity index (χ4n) is 8.46. The number of alkyl halides is 3. The van der Waals surface area contributed by atoms with E-state index < -0.39 is 18.5 Å². The monoisotopic (exact) mass is 468 g/mol. The van der Waals surface area contributed by atoms with Crippen LogP contribution < -0.4 is 0 Å². The molecule has 0 amide bonds. The van der Waals surface area contributed by atoms with Gasteiger partial charge in [0.15, 0.2) is 0 Å². The average molecular weight is 469 g/mol. The molecular formula is C30H51F3. The second kappa shape index (κ2) is 12.2. The largest absolute Gasteiger partial charge is 0.247 e. The predicted octanol–water partition coefficient (Wildman–Crippen LogP) is 9.66. The Kier molecular flexibility index (Phi) is 9.53. The molecule has 3 heteroatoms. The van der Waals surface area contributed by atoms with Crippen LogP contribution in [-0.4, -0.2) is 18.5 Å². The molecule has 4 rings (SSSR count). The van der Waals surface area contributed by atoms with Gasteiger partial charge < -0.3 is 0 Å². The van der Waals surface area contributed by atoms with Crippen molar-refractivity contribution in [3.05, 3.63) is 0 Å². The highest BCUT2D eigenvalue weighted by Crippen LogP contribution is 2.47. The lowest BCUT2D eigenvalue weighted by atomic mass is 9.66. The van der Waals surface area contributed by atoms with Crippen LogP contribution in [0.25, 0.3) is 0 Å². The molecule has 0 spiro atoms. The molecule has 7 atom stereocenters. The van der Waals surface area contributed by atoms with Crippen LogP contribution in [0.5, 0.6) is 0 Å². The predicted molar refractivity (Wildman–Crippen MR) is 132 cm³/mol. The fraction of sp³-hybridized carbons (Fsp3) is 1.00. The third-order valence-corrected chi connectivity index (χ3v) is 10.9. The van der Waals surface area contributed by atoms with E-state index in [2.05, 4.69) is 13.8 Å². The summed E-state index contributed by atoms with van der Waals surface area (Å²) in [7, 11) is 0. The van der Waals surface area contributed by atoms with Crippen molar-refractivity contribution >= 4 is 0 Å². The van der Waals surface area contributed by atoms with Gasteiger partial charge in [-0.1, -0.05) is 58.8 Å². The Morgan fingerprint density at radius 1 is 0.576 bits per heavy atom. The van der Waals surface area contributed by atoms with Gasteiger partial charge in [-0.25, -0.2) is 13.2 Å². The third kappa shape index (κ3) is 6.52. The summed E-state index contributed by atoms with van der Waals surface area (Å²) < 4.78 is 44.5. The van der Waals surface area contributed by atoms with Crippen LogP contribution in [0, 0.1) is 47.3 Å². The Morgan fingerprint density at radius 2 is 1.18 bits per heavy atom. The normalized spacial score (nSPS) is 47.4. The van der Waals surface area contributed by atoms with E-state index in [1.54, 1.807) is 0 Å². The molecule has 0 N–H and O–H groups in total. The second-order valence-electron chi connectivity index (χ2n) is 12.9. The summed E-state index contributed by atoms with van der Waals surface area (Å²) in [6.07, 6.45) is 15.9. The second-order valence-corrected chi connectivity index (χ2v) is 12.9. The van der Waals surface area contributed by atoms with Crippen LogP contribution in [0.2, 0.25) is 0 Å². The standard InChI is InChI=1S/C30H51F3/c1-3-4-21-8-14-24(15-9-21)27-18-17-25(29(32)30(27)33)16-10-22-6-12-23(13-7-22)26-11-5-20(2)28(31)19-26/h20-30H,3-19H2,1-2H3/t20?,21?,22?,23?,24?,25?,26?,27?,28?,29-,30?/m0/s1.